The number of pyridine rings is 1. The van der Waals surface area contributed by atoms with Crippen LogP contribution in [0.1, 0.15) is 23.2 Å². The van der Waals surface area contributed by atoms with E-state index < -0.39 is 5.91 Å². The van der Waals surface area contributed by atoms with Crippen molar-refractivity contribution in [2.24, 2.45) is 17.6 Å². The van der Waals surface area contributed by atoms with Gasteiger partial charge in [0.25, 0.3) is 5.91 Å². The predicted molar refractivity (Wildman–Crippen MR) is 105 cm³/mol. The van der Waals surface area contributed by atoms with Gasteiger partial charge in [-0.15, -0.1) is 0 Å². The monoisotopic (exact) mass is 362 g/mol. The maximum atomic E-state index is 12.8. The number of carbonyl (C=O) groups is 2. The first kappa shape index (κ1) is 17.4. The van der Waals surface area contributed by atoms with Crippen LogP contribution in [-0.4, -0.2) is 29.4 Å². The van der Waals surface area contributed by atoms with Crippen molar-refractivity contribution in [1.29, 1.82) is 0 Å². The molecule has 6 heteroatoms. The maximum Gasteiger partial charge on any atom is 0.250 e. The molecule has 2 aromatic rings. The molecule has 1 aliphatic heterocycles. The highest BCUT2D eigenvalue weighted by Gasteiger charge is 2.33. The molecule has 2 amide bonds. The first-order valence-electron chi connectivity index (χ1n) is 9.18. The summed E-state index contributed by atoms with van der Waals surface area (Å²) < 4.78 is 0. The summed E-state index contributed by atoms with van der Waals surface area (Å²) in [6.45, 7) is 0.837. The van der Waals surface area contributed by atoms with E-state index in [4.69, 9.17) is 5.73 Å². The summed E-state index contributed by atoms with van der Waals surface area (Å²) in [4.78, 5) is 28.7. The molecule has 1 fully saturated rings. The predicted octanol–water partition coefficient (Wildman–Crippen LogP) is 2.38. The van der Waals surface area contributed by atoms with Gasteiger partial charge in [-0.3, -0.25) is 14.6 Å². The summed E-state index contributed by atoms with van der Waals surface area (Å²) in [5.74, 6) is 0.342. The van der Waals surface area contributed by atoms with E-state index in [0.29, 0.717) is 34.0 Å². The maximum absolute atomic E-state index is 12.8. The number of carbonyl (C=O) groups excluding carboxylic acids is 2. The van der Waals surface area contributed by atoms with Crippen LogP contribution in [0.5, 0.6) is 0 Å². The fraction of sp³-hybridized carbons (Fsp3) is 0.286. The molecule has 1 aromatic carbocycles. The van der Waals surface area contributed by atoms with Crippen LogP contribution in [-0.2, 0) is 4.79 Å². The van der Waals surface area contributed by atoms with Crippen molar-refractivity contribution >= 4 is 28.4 Å². The van der Waals surface area contributed by atoms with Crippen molar-refractivity contribution in [2.75, 3.05) is 11.9 Å². The molecule has 0 bridgehead atoms. The lowest BCUT2D eigenvalue weighted by Gasteiger charge is -2.19. The highest BCUT2D eigenvalue weighted by molar-refractivity contribution is 6.10. The number of fused-ring (bicyclic) bond motifs is 1. The summed E-state index contributed by atoms with van der Waals surface area (Å²) in [7, 11) is 0. The molecule has 0 saturated carbocycles. The molecular formula is C21H22N4O2. The van der Waals surface area contributed by atoms with Gasteiger partial charge in [0.2, 0.25) is 5.91 Å². The van der Waals surface area contributed by atoms with Crippen LogP contribution in [0.25, 0.3) is 10.9 Å². The highest BCUT2D eigenvalue weighted by Crippen LogP contribution is 2.30. The number of amides is 2. The number of hydrogen-bond donors (Lipinski definition) is 3. The molecule has 6 nitrogen and oxygen atoms in total. The first-order chi connectivity index (χ1) is 13.1. The minimum absolute atomic E-state index is 0.0650. The van der Waals surface area contributed by atoms with Crippen molar-refractivity contribution in [3.8, 4) is 0 Å². The third-order valence-electron chi connectivity index (χ3n) is 5.39. The molecule has 2 unspecified atom stereocenters. The Hall–Kier alpha value is -2.99. The number of benzene rings is 1. The van der Waals surface area contributed by atoms with Crippen LogP contribution in [0.15, 0.2) is 54.8 Å². The molecule has 4 rings (SSSR count). The molecule has 1 aromatic heterocycles. The average Bonchev–Trinajstić information content (AvgIpc) is 3.19. The first-order valence-corrected chi connectivity index (χ1v) is 9.18. The lowest BCUT2D eigenvalue weighted by molar-refractivity contribution is -0.117. The van der Waals surface area contributed by atoms with Crippen molar-refractivity contribution in [3.63, 3.8) is 0 Å². The second kappa shape index (κ2) is 7.32. The second-order valence-electron chi connectivity index (χ2n) is 7.08. The van der Waals surface area contributed by atoms with Gasteiger partial charge in [-0.25, -0.2) is 0 Å². The fourth-order valence-corrected chi connectivity index (χ4v) is 3.94. The van der Waals surface area contributed by atoms with Gasteiger partial charge in [0.05, 0.1) is 22.8 Å². The van der Waals surface area contributed by atoms with E-state index in [-0.39, 0.29) is 11.9 Å². The van der Waals surface area contributed by atoms with Gasteiger partial charge in [0, 0.05) is 11.6 Å². The third kappa shape index (κ3) is 3.48. The Morgan fingerprint density at radius 1 is 1.22 bits per heavy atom. The normalized spacial score (nSPS) is 24.2. The molecule has 2 aliphatic rings. The van der Waals surface area contributed by atoms with Crippen LogP contribution in [0, 0.1) is 11.8 Å². The molecule has 0 radical (unpaired) electrons. The number of nitrogens with two attached hydrogens (primary N) is 1. The number of rotatable bonds is 4. The zero-order chi connectivity index (χ0) is 18.8. The van der Waals surface area contributed by atoms with E-state index in [2.05, 4.69) is 39.9 Å². The Morgan fingerprint density at radius 3 is 2.89 bits per heavy atom. The van der Waals surface area contributed by atoms with E-state index in [9.17, 15) is 9.59 Å². The minimum atomic E-state index is -0.536. The zero-order valence-electron chi connectivity index (χ0n) is 14.9. The highest BCUT2D eigenvalue weighted by atomic mass is 16.2. The third-order valence-corrected chi connectivity index (χ3v) is 5.39. The van der Waals surface area contributed by atoms with Crippen LogP contribution < -0.4 is 16.4 Å². The number of anilines is 1. The van der Waals surface area contributed by atoms with Gasteiger partial charge in [0.15, 0.2) is 0 Å². The van der Waals surface area contributed by atoms with Crippen LogP contribution >= 0.6 is 0 Å². The zero-order valence-corrected chi connectivity index (χ0v) is 14.9. The summed E-state index contributed by atoms with van der Waals surface area (Å²) in [6.07, 6.45) is 12.0. The van der Waals surface area contributed by atoms with Crippen LogP contribution in [0.3, 0.4) is 0 Å². The number of nitrogens with one attached hydrogen (secondary N) is 2. The van der Waals surface area contributed by atoms with E-state index in [1.54, 1.807) is 24.4 Å². The van der Waals surface area contributed by atoms with Gasteiger partial charge in [-0.05, 0) is 55.5 Å². The lowest BCUT2D eigenvalue weighted by Crippen LogP contribution is -2.35. The molecule has 138 valence electrons. The largest absolute Gasteiger partial charge is 0.366 e. The summed E-state index contributed by atoms with van der Waals surface area (Å²) in [5, 5.41) is 7.04. The van der Waals surface area contributed by atoms with Crippen molar-refractivity contribution in [3.05, 3.63) is 60.3 Å². The Labute approximate surface area is 157 Å². The number of nitrogens with zero attached hydrogens (tertiary/aromatic N) is 1. The molecule has 1 saturated heterocycles. The Bertz CT molecular complexity index is 950. The van der Waals surface area contributed by atoms with Gasteiger partial charge in [-0.2, -0.15) is 0 Å². The molecule has 4 N–H and O–H groups in total. The van der Waals surface area contributed by atoms with E-state index in [1.807, 2.05) is 6.07 Å². The quantitative estimate of drug-likeness (QED) is 0.778. The SMILES string of the molecule is NC(=O)c1ccc(NC(=O)C2C[C@@H](C3C=CC=CC3)CN2)c2cccnc12. The number of primary amides is 1. The van der Waals surface area contributed by atoms with E-state index in [1.165, 1.54) is 0 Å². The average molecular weight is 362 g/mol. The van der Waals surface area contributed by atoms with Crippen LogP contribution in [0.4, 0.5) is 5.69 Å². The number of allylic oxidation sites excluding steroid dienone is 4. The van der Waals surface area contributed by atoms with Gasteiger partial charge < -0.3 is 16.4 Å². The smallest absolute Gasteiger partial charge is 0.250 e. The topological polar surface area (TPSA) is 97.1 Å². The Kier molecular flexibility index (Phi) is 4.73. The fourth-order valence-electron chi connectivity index (χ4n) is 3.94. The Morgan fingerprint density at radius 2 is 2.11 bits per heavy atom. The van der Waals surface area contributed by atoms with Gasteiger partial charge in [0.1, 0.15) is 0 Å². The molecule has 1 aliphatic carbocycles. The molecule has 0 spiro atoms. The number of aromatic nitrogens is 1. The Balaban J connectivity index is 1.50. The van der Waals surface area contributed by atoms with E-state index >= 15 is 0 Å². The molecular weight excluding hydrogens is 340 g/mol. The lowest BCUT2D eigenvalue weighted by atomic mass is 9.85. The minimum Gasteiger partial charge on any atom is -0.366 e. The summed E-state index contributed by atoms with van der Waals surface area (Å²) >= 11 is 0. The second-order valence-corrected chi connectivity index (χ2v) is 7.08. The van der Waals surface area contributed by atoms with E-state index in [0.717, 1.165) is 19.4 Å². The molecule has 3 atom stereocenters. The molecule has 27 heavy (non-hydrogen) atoms. The summed E-state index contributed by atoms with van der Waals surface area (Å²) in [6, 6.07) is 6.70. The standard InChI is InChI=1S/C21H22N4O2/c22-20(26)16-8-9-17(15-7-4-10-23-19(15)16)25-21(27)18-11-14(12-24-18)13-5-2-1-3-6-13/h1-5,7-10,13-14,18,24H,6,11-12H2,(H2,22,26)(H,25,27)/t13?,14-,18?/m1/s1. The van der Waals surface area contributed by atoms with Crippen molar-refractivity contribution < 1.29 is 9.59 Å². The van der Waals surface area contributed by atoms with Gasteiger partial charge in [-0.1, -0.05) is 24.3 Å². The summed E-state index contributed by atoms with van der Waals surface area (Å²) in [5.41, 5.74) is 6.91. The molecule has 2 heterocycles. The van der Waals surface area contributed by atoms with Crippen molar-refractivity contribution in [1.82, 2.24) is 10.3 Å². The van der Waals surface area contributed by atoms with Crippen LogP contribution in [0.2, 0.25) is 0 Å². The number of hydrogen-bond acceptors (Lipinski definition) is 4. The van der Waals surface area contributed by atoms with Crippen molar-refractivity contribution in [2.45, 2.75) is 18.9 Å². The van der Waals surface area contributed by atoms with Gasteiger partial charge >= 0.3 is 0 Å².